The van der Waals surface area contributed by atoms with Crippen LogP contribution in [0.5, 0.6) is 0 Å². The van der Waals surface area contributed by atoms with E-state index < -0.39 is 33.9 Å². The molecule has 26 heavy (non-hydrogen) atoms. The number of sulfone groups is 1. The lowest BCUT2D eigenvalue weighted by Gasteiger charge is -2.23. The molecule has 0 aromatic heterocycles. The van der Waals surface area contributed by atoms with Crippen LogP contribution in [0.25, 0.3) is 0 Å². The molecule has 1 aliphatic rings. The third-order valence-corrected chi connectivity index (χ3v) is 6.94. The number of thioether (sulfide) groups is 1. The molecular formula is C17H21NO6S2. The first-order valence-electron chi connectivity index (χ1n) is 8.00. The van der Waals surface area contributed by atoms with E-state index in [0.717, 1.165) is 0 Å². The van der Waals surface area contributed by atoms with Crippen LogP contribution >= 0.6 is 11.8 Å². The molecule has 1 aromatic rings. The Bertz CT molecular complexity index is 820. The van der Waals surface area contributed by atoms with Gasteiger partial charge in [-0.2, -0.15) is 0 Å². The SMILES string of the molecule is CC(=O)CSc1ccccc1C(=O)OCC(=O)N[C@@]1(C)CCS(=O)(=O)C1. The van der Waals surface area contributed by atoms with Crippen LogP contribution in [0.4, 0.5) is 0 Å². The van der Waals surface area contributed by atoms with Crippen LogP contribution in [-0.4, -0.2) is 55.5 Å². The first-order valence-corrected chi connectivity index (χ1v) is 10.8. The van der Waals surface area contributed by atoms with Crippen molar-refractivity contribution >= 4 is 39.3 Å². The van der Waals surface area contributed by atoms with Gasteiger partial charge in [-0.1, -0.05) is 12.1 Å². The maximum Gasteiger partial charge on any atom is 0.339 e. The summed E-state index contributed by atoms with van der Waals surface area (Å²) in [6, 6.07) is 6.68. The first kappa shape index (κ1) is 20.4. The minimum atomic E-state index is -3.15. The number of Topliss-reactive ketones (excluding diaryl/α,β-unsaturated/α-hetero) is 1. The van der Waals surface area contributed by atoms with Gasteiger partial charge < -0.3 is 10.1 Å². The number of amides is 1. The van der Waals surface area contributed by atoms with E-state index in [2.05, 4.69) is 5.32 Å². The fraction of sp³-hybridized carbons (Fsp3) is 0.471. The van der Waals surface area contributed by atoms with Crippen LogP contribution in [0.3, 0.4) is 0 Å². The largest absolute Gasteiger partial charge is 0.452 e. The Morgan fingerprint density at radius 2 is 1.96 bits per heavy atom. The molecule has 1 N–H and O–H groups in total. The number of ketones is 1. The minimum Gasteiger partial charge on any atom is -0.452 e. The summed E-state index contributed by atoms with van der Waals surface area (Å²) in [5, 5.41) is 2.63. The summed E-state index contributed by atoms with van der Waals surface area (Å²) < 4.78 is 28.2. The molecule has 1 atom stereocenters. The third kappa shape index (κ3) is 5.84. The summed E-state index contributed by atoms with van der Waals surface area (Å²) in [7, 11) is -3.15. The number of hydrogen-bond donors (Lipinski definition) is 1. The van der Waals surface area contributed by atoms with E-state index in [9.17, 15) is 22.8 Å². The molecule has 0 bridgehead atoms. The van der Waals surface area contributed by atoms with Gasteiger partial charge in [-0.05, 0) is 32.4 Å². The van der Waals surface area contributed by atoms with Gasteiger partial charge in [0, 0.05) is 4.90 Å². The summed E-state index contributed by atoms with van der Waals surface area (Å²) in [4.78, 5) is 36.0. The minimum absolute atomic E-state index is 0.0164. The number of benzene rings is 1. The van der Waals surface area contributed by atoms with Gasteiger partial charge in [-0.15, -0.1) is 11.8 Å². The number of rotatable bonds is 7. The van der Waals surface area contributed by atoms with Crippen LogP contribution in [-0.2, 0) is 24.2 Å². The zero-order valence-corrected chi connectivity index (χ0v) is 16.2. The molecule has 7 nitrogen and oxygen atoms in total. The fourth-order valence-electron chi connectivity index (χ4n) is 2.63. The molecule has 1 aliphatic heterocycles. The van der Waals surface area contributed by atoms with Crippen molar-refractivity contribution in [1.29, 1.82) is 0 Å². The molecule has 1 heterocycles. The van der Waals surface area contributed by atoms with Crippen molar-refractivity contribution in [3.8, 4) is 0 Å². The van der Waals surface area contributed by atoms with E-state index in [0.29, 0.717) is 11.3 Å². The van der Waals surface area contributed by atoms with Crippen molar-refractivity contribution in [1.82, 2.24) is 5.32 Å². The third-order valence-electron chi connectivity index (χ3n) is 3.82. The average Bonchev–Trinajstić information content (AvgIpc) is 2.83. The lowest BCUT2D eigenvalue weighted by Crippen LogP contribution is -2.48. The molecule has 0 radical (unpaired) electrons. The van der Waals surface area contributed by atoms with Gasteiger partial charge in [0.15, 0.2) is 16.4 Å². The van der Waals surface area contributed by atoms with Gasteiger partial charge >= 0.3 is 5.97 Å². The Hall–Kier alpha value is -1.87. The Kier molecular flexibility index (Phi) is 6.46. The smallest absolute Gasteiger partial charge is 0.339 e. The molecule has 1 fully saturated rings. The second-order valence-corrected chi connectivity index (χ2v) is 9.72. The number of ether oxygens (including phenoxy) is 1. The maximum atomic E-state index is 12.2. The molecular weight excluding hydrogens is 378 g/mol. The summed E-state index contributed by atoms with van der Waals surface area (Å²) in [6.07, 6.45) is 0.333. The zero-order chi connectivity index (χ0) is 19.4. The predicted molar refractivity (Wildman–Crippen MR) is 97.9 cm³/mol. The number of carbonyl (C=O) groups excluding carboxylic acids is 3. The van der Waals surface area contributed by atoms with Gasteiger partial charge in [0.1, 0.15) is 5.78 Å². The second kappa shape index (κ2) is 8.22. The van der Waals surface area contributed by atoms with Crippen LogP contribution in [0, 0.1) is 0 Å². The highest BCUT2D eigenvalue weighted by atomic mass is 32.2. The van der Waals surface area contributed by atoms with E-state index >= 15 is 0 Å². The highest BCUT2D eigenvalue weighted by Gasteiger charge is 2.39. The fourth-order valence-corrected chi connectivity index (χ4v) is 5.56. The molecule has 9 heteroatoms. The number of carbonyl (C=O) groups is 3. The first-order chi connectivity index (χ1) is 12.1. The Morgan fingerprint density at radius 3 is 2.58 bits per heavy atom. The average molecular weight is 399 g/mol. The van der Waals surface area contributed by atoms with E-state index in [1.54, 1.807) is 31.2 Å². The van der Waals surface area contributed by atoms with Crippen molar-refractivity contribution < 1.29 is 27.5 Å². The lowest BCUT2D eigenvalue weighted by molar-refractivity contribution is -0.125. The monoisotopic (exact) mass is 399 g/mol. The number of esters is 1. The van der Waals surface area contributed by atoms with E-state index in [1.807, 2.05) is 0 Å². The molecule has 2 rings (SSSR count). The Morgan fingerprint density at radius 1 is 1.27 bits per heavy atom. The Balaban J connectivity index is 1.92. The highest BCUT2D eigenvalue weighted by molar-refractivity contribution is 8.00. The number of hydrogen-bond acceptors (Lipinski definition) is 7. The summed E-state index contributed by atoms with van der Waals surface area (Å²) in [5.41, 5.74) is -0.557. The van der Waals surface area contributed by atoms with Crippen LogP contribution in [0.1, 0.15) is 30.6 Å². The van der Waals surface area contributed by atoms with Crippen LogP contribution in [0.2, 0.25) is 0 Å². The van der Waals surface area contributed by atoms with Crippen molar-refractivity contribution in [3.05, 3.63) is 29.8 Å². The predicted octanol–water partition coefficient (Wildman–Crippen LogP) is 1.22. The van der Waals surface area contributed by atoms with Gasteiger partial charge in [-0.25, -0.2) is 13.2 Å². The van der Waals surface area contributed by atoms with Gasteiger partial charge in [0.2, 0.25) is 0 Å². The van der Waals surface area contributed by atoms with Gasteiger partial charge in [0.05, 0.1) is 28.4 Å². The molecule has 0 unspecified atom stereocenters. The van der Waals surface area contributed by atoms with Gasteiger partial charge in [0.25, 0.3) is 5.91 Å². The summed E-state index contributed by atoms with van der Waals surface area (Å²) in [5.74, 6) is -1.09. The van der Waals surface area contributed by atoms with Gasteiger partial charge in [-0.3, -0.25) is 9.59 Å². The van der Waals surface area contributed by atoms with E-state index in [1.165, 1.54) is 18.7 Å². The standard InChI is InChI=1S/C17H21NO6S2/c1-12(19)10-25-14-6-4-3-5-13(14)16(21)24-9-15(20)18-17(2)7-8-26(22,23)11-17/h3-6H,7-11H2,1-2H3,(H,18,20)/t17-/m0/s1. The molecule has 0 saturated carbocycles. The highest BCUT2D eigenvalue weighted by Crippen LogP contribution is 2.24. The molecule has 1 amide bonds. The van der Waals surface area contributed by atoms with Crippen molar-refractivity contribution in [2.45, 2.75) is 30.7 Å². The van der Waals surface area contributed by atoms with Crippen molar-refractivity contribution in [2.75, 3.05) is 23.9 Å². The zero-order valence-electron chi connectivity index (χ0n) is 14.6. The van der Waals surface area contributed by atoms with Crippen LogP contribution in [0.15, 0.2) is 29.2 Å². The molecule has 1 aromatic carbocycles. The second-order valence-electron chi connectivity index (χ2n) is 6.51. The maximum absolute atomic E-state index is 12.2. The van der Waals surface area contributed by atoms with Crippen LogP contribution < -0.4 is 5.32 Å². The van der Waals surface area contributed by atoms with E-state index in [-0.39, 0.29) is 28.6 Å². The lowest BCUT2D eigenvalue weighted by atomic mass is 10.0. The van der Waals surface area contributed by atoms with E-state index in [4.69, 9.17) is 4.74 Å². The molecule has 1 saturated heterocycles. The van der Waals surface area contributed by atoms with Crippen molar-refractivity contribution in [3.63, 3.8) is 0 Å². The quantitative estimate of drug-likeness (QED) is 0.543. The number of nitrogens with one attached hydrogen (secondary N) is 1. The van der Waals surface area contributed by atoms with Crippen molar-refractivity contribution in [2.24, 2.45) is 0 Å². The normalized spacial score (nSPS) is 21.2. The topological polar surface area (TPSA) is 107 Å². The molecule has 142 valence electrons. The molecule has 0 aliphatic carbocycles. The summed E-state index contributed by atoms with van der Waals surface area (Å²) >= 11 is 1.23. The molecule has 0 spiro atoms. The Labute approximate surface area is 156 Å². The summed E-state index contributed by atoms with van der Waals surface area (Å²) in [6.45, 7) is 2.62.